The summed E-state index contributed by atoms with van der Waals surface area (Å²) in [6, 6.07) is 4.57. The number of Topliss-reactive ketones (excluding diaryl/α,β-unsaturated/α-hetero) is 1. The van der Waals surface area contributed by atoms with Crippen molar-refractivity contribution in [1.29, 1.82) is 0 Å². The SMILES string of the molecule is CC(=O)c1ccc(O)cc1Br. The Morgan fingerprint density at radius 2 is 2.18 bits per heavy atom. The van der Waals surface area contributed by atoms with Gasteiger partial charge in [-0.05, 0) is 41.1 Å². The van der Waals surface area contributed by atoms with Crippen LogP contribution >= 0.6 is 15.9 Å². The normalized spacial score (nSPS) is 9.64. The molecule has 1 rings (SSSR count). The highest BCUT2D eigenvalue weighted by Gasteiger charge is 2.04. The lowest BCUT2D eigenvalue weighted by Crippen LogP contribution is -1.92. The lowest BCUT2D eigenvalue weighted by atomic mass is 10.1. The molecule has 2 nitrogen and oxygen atoms in total. The van der Waals surface area contributed by atoms with Crippen molar-refractivity contribution in [1.82, 2.24) is 0 Å². The Morgan fingerprint density at radius 1 is 1.55 bits per heavy atom. The van der Waals surface area contributed by atoms with Gasteiger partial charge in [-0.15, -0.1) is 0 Å². The minimum Gasteiger partial charge on any atom is -0.508 e. The van der Waals surface area contributed by atoms with E-state index in [1.54, 1.807) is 6.07 Å². The maximum Gasteiger partial charge on any atom is 0.160 e. The zero-order valence-corrected chi connectivity index (χ0v) is 7.55. The van der Waals surface area contributed by atoms with Crippen LogP contribution in [0.3, 0.4) is 0 Å². The first kappa shape index (κ1) is 8.27. The van der Waals surface area contributed by atoms with Gasteiger partial charge in [0.05, 0.1) is 0 Å². The smallest absolute Gasteiger partial charge is 0.160 e. The molecule has 0 fully saturated rings. The highest BCUT2D eigenvalue weighted by molar-refractivity contribution is 9.10. The highest BCUT2D eigenvalue weighted by Crippen LogP contribution is 2.22. The number of phenols is 1. The number of aromatic hydroxyl groups is 1. The summed E-state index contributed by atoms with van der Waals surface area (Å²) in [7, 11) is 0. The Labute approximate surface area is 73.0 Å². The number of phenolic OH excluding ortho intramolecular Hbond substituents is 1. The first-order valence-corrected chi connectivity index (χ1v) is 3.90. The molecular weight excluding hydrogens is 208 g/mol. The first-order chi connectivity index (χ1) is 5.11. The molecule has 0 amide bonds. The third-order valence-electron chi connectivity index (χ3n) is 1.33. The summed E-state index contributed by atoms with van der Waals surface area (Å²) < 4.78 is 0.630. The van der Waals surface area contributed by atoms with Crippen molar-refractivity contribution in [2.75, 3.05) is 0 Å². The van der Waals surface area contributed by atoms with E-state index in [1.165, 1.54) is 19.1 Å². The average Bonchev–Trinajstić information content (AvgIpc) is 1.85. The summed E-state index contributed by atoms with van der Waals surface area (Å²) in [6.07, 6.45) is 0. The molecule has 0 unspecified atom stereocenters. The highest BCUT2D eigenvalue weighted by atomic mass is 79.9. The van der Waals surface area contributed by atoms with Gasteiger partial charge in [0.2, 0.25) is 0 Å². The monoisotopic (exact) mass is 214 g/mol. The summed E-state index contributed by atoms with van der Waals surface area (Å²) >= 11 is 3.17. The number of carbonyl (C=O) groups excluding carboxylic acids is 1. The molecule has 1 aromatic rings. The van der Waals surface area contributed by atoms with Crippen LogP contribution in [0.25, 0.3) is 0 Å². The van der Waals surface area contributed by atoms with Crippen molar-refractivity contribution < 1.29 is 9.90 Å². The Kier molecular flexibility index (Phi) is 2.29. The van der Waals surface area contributed by atoms with E-state index in [9.17, 15) is 4.79 Å². The van der Waals surface area contributed by atoms with Gasteiger partial charge in [0.15, 0.2) is 5.78 Å². The molecule has 0 saturated heterocycles. The Bertz CT molecular complexity index is 294. The second kappa shape index (κ2) is 3.05. The van der Waals surface area contributed by atoms with Gasteiger partial charge < -0.3 is 5.11 Å². The van der Waals surface area contributed by atoms with Crippen molar-refractivity contribution >= 4 is 21.7 Å². The van der Waals surface area contributed by atoms with Crippen LogP contribution in [-0.4, -0.2) is 10.9 Å². The summed E-state index contributed by atoms with van der Waals surface area (Å²) in [5.41, 5.74) is 0.586. The van der Waals surface area contributed by atoms with Crippen LogP contribution in [0.1, 0.15) is 17.3 Å². The van der Waals surface area contributed by atoms with Crippen LogP contribution in [-0.2, 0) is 0 Å². The van der Waals surface area contributed by atoms with E-state index in [-0.39, 0.29) is 11.5 Å². The summed E-state index contributed by atoms with van der Waals surface area (Å²) in [4.78, 5) is 10.9. The summed E-state index contributed by atoms with van der Waals surface area (Å²) in [5, 5.41) is 8.98. The molecule has 0 atom stereocenters. The van der Waals surface area contributed by atoms with E-state index in [2.05, 4.69) is 15.9 Å². The van der Waals surface area contributed by atoms with Crippen LogP contribution in [0.15, 0.2) is 22.7 Å². The molecule has 0 aromatic heterocycles. The topological polar surface area (TPSA) is 37.3 Å². The van der Waals surface area contributed by atoms with Gasteiger partial charge in [0.25, 0.3) is 0 Å². The van der Waals surface area contributed by atoms with Crippen LogP contribution < -0.4 is 0 Å². The molecular formula is C8H7BrO2. The lowest BCUT2D eigenvalue weighted by Gasteiger charge is -1.98. The van der Waals surface area contributed by atoms with Crippen molar-refractivity contribution in [2.24, 2.45) is 0 Å². The predicted octanol–water partition coefficient (Wildman–Crippen LogP) is 2.36. The quantitative estimate of drug-likeness (QED) is 0.730. The molecule has 0 aliphatic carbocycles. The van der Waals surface area contributed by atoms with Crippen molar-refractivity contribution in [2.45, 2.75) is 6.92 Å². The number of hydrogen-bond acceptors (Lipinski definition) is 2. The number of halogens is 1. The molecule has 0 aliphatic heterocycles. The lowest BCUT2D eigenvalue weighted by molar-refractivity contribution is 0.101. The van der Waals surface area contributed by atoms with Gasteiger partial charge in [-0.3, -0.25) is 4.79 Å². The number of rotatable bonds is 1. The third-order valence-corrected chi connectivity index (χ3v) is 1.99. The van der Waals surface area contributed by atoms with Gasteiger partial charge >= 0.3 is 0 Å². The molecule has 11 heavy (non-hydrogen) atoms. The van der Waals surface area contributed by atoms with E-state index in [0.717, 1.165) is 0 Å². The molecule has 0 bridgehead atoms. The average molecular weight is 215 g/mol. The fourth-order valence-corrected chi connectivity index (χ4v) is 1.44. The molecule has 3 heteroatoms. The van der Waals surface area contributed by atoms with Crippen molar-refractivity contribution in [3.05, 3.63) is 28.2 Å². The van der Waals surface area contributed by atoms with Crippen molar-refractivity contribution in [3.63, 3.8) is 0 Å². The third kappa shape index (κ3) is 1.80. The number of carbonyl (C=O) groups is 1. The maximum absolute atomic E-state index is 10.9. The first-order valence-electron chi connectivity index (χ1n) is 3.10. The van der Waals surface area contributed by atoms with Crippen LogP contribution in [0.5, 0.6) is 5.75 Å². The predicted molar refractivity (Wildman–Crippen MR) is 45.8 cm³/mol. The fraction of sp³-hybridized carbons (Fsp3) is 0.125. The molecule has 0 spiro atoms. The molecule has 1 N–H and O–H groups in total. The van der Waals surface area contributed by atoms with Crippen molar-refractivity contribution in [3.8, 4) is 5.75 Å². The minimum atomic E-state index is -0.0168. The standard InChI is InChI=1S/C8H7BrO2/c1-5(10)7-3-2-6(11)4-8(7)9/h2-4,11H,1H3. The summed E-state index contributed by atoms with van der Waals surface area (Å²) in [5.74, 6) is 0.138. The van der Waals surface area contributed by atoms with Crippen LogP contribution in [0.2, 0.25) is 0 Å². The Morgan fingerprint density at radius 3 is 2.64 bits per heavy atom. The largest absolute Gasteiger partial charge is 0.508 e. The van der Waals surface area contributed by atoms with Gasteiger partial charge in [0, 0.05) is 10.0 Å². The number of ketones is 1. The minimum absolute atomic E-state index is 0.0168. The van der Waals surface area contributed by atoms with Crippen LogP contribution in [0.4, 0.5) is 0 Å². The van der Waals surface area contributed by atoms with Gasteiger partial charge in [-0.25, -0.2) is 0 Å². The zero-order chi connectivity index (χ0) is 8.43. The van der Waals surface area contributed by atoms with Crippen LogP contribution in [0, 0.1) is 0 Å². The van der Waals surface area contributed by atoms with E-state index < -0.39 is 0 Å². The Balaban J connectivity index is 3.20. The number of benzene rings is 1. The van der Waals surface area contributed by atoms with Gasteiger partial charge in [-0.2, -0.15) is 0 Å². The second-order valence-corrected chi connectivity index (χ2v) is 3.07. The molecule has 0 aliphatic rings. The molecule has 1 aromatic carbocycles. The molecule has 0 radical (unpaired) electrons. The van der Waals surface area contributed by atoms with E-state index >= 15 is 0 Å². The Hall–Kier alpha value is -0.830. The summed E-state index contributed by atoms with van der Waals surface area (Å²) in [6.45, 7) is 1.48. The molecule has 58 valence electrons. The van der Waals surface area contributed by atoms with Gasteiger partial charge in [-0.1, -0.05) is 0 Å². The van der Waals surface area contributed by atoms with E-state index in [0.29, 0.717) is 10.0 Å². The molecule has 0 saturated carbocycles. The number of hydrogen-bond donors (Lipinski definition) is 1. The maximum atomic E-state index is 10.9. The zero-order valence-electron chi connectivity index (χ0n) is 5.97. The van der Waals surface area contributed by atoms with E-state index in [4.69, 9.17) is 5.11 Å². The second-order valence-electron chi connectivity index (χ2n) is 2.22. The molecule has 0 heterocycles. The fourth-order valence-electron chi connectivity index (χ4n) is 0.790. The van der Waals surface area contributed by atoms with E-state index in [1.807, 2.05) is 0 Å². The van der Waals surface area contributed by atoms with Gasteiger partial charge in [0.1, 0.15) is 5.75 Å².